The second-order valence-corrected chi connectivity index (χ2v) is 7.04. The first kappa shape index (κ1) is 13.3. The second-order valence-electron chi connectivity index (χ2n) is 4.82. The molecule has 0 bridgehead atoms. The van der Waals surface area contributed by atoms with Gasteiger partial charge in [-0.15, -0.1) is 0 Å². The largest absolute Gasteiger partial charge is 0.398 e. The molecule has 100 valence electrons. The Kier molecular flexibility index (Phi) is 3.59. The van der Waals surface area contributed by atoms with Crippen molar-refractivity contribution in [1.29, 1.82) is 0 Å². The van der Waals surface area contributed by atoms with Crippen LogP contribution in [-0.4, -0.2) is 37.9 Å². The zero-order valence-electron chi connectivity index (χ0n) is 10.3. The van der Waals surface area contributed by atoms with Gasteiger partial charge in [-0.25, -0.2) is 12.8 Å². The van der Waals surface area contributed by atoms with E-state index in [1.54, 1.807) is 6.07 Å². The lowest BCUT2D eigenvalue weighted by atomic mass is 10.1. The molecule has 6 heteroatoms. The van der Waals surface area contributed by atoms with Gasteiger partial charge in [0.25, 0.3) is 0 Å². The summed E-state index contributed by atoms with van der Waals surface area (Å²) in [4.78, 5) is 1.97. The zero-order chi connectivity index (χ0) is 13.3. The number of halogens is 1. The summed E-state index contributed by atoms with van der Waals surface area (Å²) in [5.41, 5.74) is 6.96. The van der Waals surface area contributed by atoms with Crippen LogP contribution >= 0.6 is 0 Å². The van der Waals surface area contributed by atoms with Gasteiger partial charge in [0.05, 0.1) is 11.5 Å². The second kappa shape index (κ2) is 4.85. The first-order valence-electron chi connectivity index (χ1n) is 5.82. The Bertz CT molecular complexity index is 545. The van der Waals surface area contributed by atoms with Crippen molar-refractivity contribution in [2.24, 2.45) is 0 Å². The van der Waals surface area contributed by atoms with Crippen LogP contribution in [0.25, 0.3) is 0 Å². The highest BCUT2D eigenvalue weighted by molar-refractivity contribution is 7.91. The molecule has 1 unspecified atom stereocenters. The molecule has 1 aromatic rings. The highest BCUT2D eigenvalue weighted by Crippen LogP contribution is 2.21. The SMILES string of the molecule is CN(Cc1ccc(F)cc1N)C1CCS(=O)(=O)C1. The number of sulfone groups is 1. The summed E-state index contributed by atoms with van der Waals surface area (Å²) in [6.07, 6.45) is 0.653. The first-order chi connectivity index (χ1) is 8.37. The van der Waals surface area contributed by atoms with Crippen LogP contribution in [0.5, 0.6) is 0 Å². The van der Waals surface area contributed by atoms with E-state index in [0.29, 0.717) is 18.7 Å². The van der Waals surface area contributed by atoms with Crippen molar-refractivity contribution in [3.05, 3.63) is 29.6 Å². The number of nitrogens with two attached hydrogens (primary N) is 1. The normalized spacial score (nSPS) is 22.5. The summed E-state index contributed by atoms with van der Waals surface area (Å²) in [5, 5.41) is 0. The molecule has 2 N–H and O–H groups in total. The third kappa shape index (κ3) is 3.00. The summed E-state index contributed by atoms with van der Waals surface area (Å²) >= 11 is 0. The van der Waals surface area contributed by atoms with Gasteiger partial charge in [-0.3, -0.25) is 4.90 Å². The topological polar surface area (TPSA) is 63.4 Å². The van der Waals surface area contributed by atoms with Crippen LogP contribution in [0.2, 0.25) is 0 Å². The van der Waals surface area contributed by atoms with Gasteiger partial charge in [-0.1, -0.05) is 6.07 Å². The summed E-state index contributed by atoms with van der Waals surface area (Å²) in [6.45, 7) is 0.534. The van der Waals surface area contributed by atoms with Crippen LogP contribution in [0.3, 0.4) is 0 Å². The van der Waals surface area contributed by atoms with Crippen molar-refractivity contribution in [3.63, 3.8) is 0 Å². The minimum absolute atomic E-state index is 0.0273. The van der Waals surface area contributed by atoms with Crippen LogP contribution in [-0.2, 0) is 16.4 Å². The molecule has 0 aliphatic carbocycles. The Morgan fingerprint density at radius 1 is 1.50 bits per heavy atom. The number of rotatable bonds is 3. The lowest BCUT2D eigenvalue weighted by molar-refractivity contribution is 0.254. The molecule has 1 aromatic carbocycles. The summed E-state index contributed by atoms with van der Waals surface area (Å²) in [5.74, 6) is 0.0910. The fourth-order valence-corrected chi connectivity index (χ4v) is 4.04. The maximum absolute atomic E-state index is 12.9. The van der Waals surface area contributed by atoms with Crippen LogP contribution < -0.4 is 5.73 Å². The highest BCUT2D eigenvalue weighted by Gasteiger charge is 2.30. The minimum Gasteiger partial charge on any atom is -0.398 e. The molecule has 1 aliphatic heterocycles. The van der Waals surface area contributed by atoms with Gasteiger partial charge in [0.15, 0.2) is 9.84 Å². The third-order valence-electron chi connectivity index (χ3n) is 3.36. The van der Waals surface area contributed by atoms with Crippen molar-refractivity contribution in [3.8, 4) is 0 Å². The average Bonchev–Trinajstić information content (AvgIpc) is 2.63. The first-order valence-corrected chi connectivity index (χ1v) is 7.64. The van der Waals surface area contributed by atoms with Crippen LogP contribution in [0, 0.1) is 5.82 Å². The molecule has 0 radical (unpaired) electrons. The number of nitrogens with zero attached hydrogens (tertiary/aromatic N) is 1. The van der Waals surface area contributed by atoms with Gasteiger partial charge in [0, 0.05) is 18.3 Å². The van der Waals surface area contributed by atoms with Gasteiger partial charge >= 0.3 is 0 Å². The average molecular weight is 272 g/mol. The van der Waals surface area contributed by atoms with E-state index in [2.05, 4.69) is 0 Å². The fourth-order valence-electron chi connectivity index (χ4n) is 2.23. The Morgan fingerprint density at radius 3 is 2.78 bits per heavy atom. The van der Waals surface area contributed by atoms with E-state index in [1.807, 2.05) is 11.9 Å². The Morgan fingerprint density at radius 2 is 2.22 bits per heavy atom. The molecule has 1 aliphatic rings. The van der Waals surface area contributed by atoms with E-state index < -0.39 is 9.84 Å². The predicted octanol–water partition coefficient (Wildman–Crippen LogP) is 1.03. The number of benzene rings is 1. The molecule has 1 fully saturated rings. The molecular weight excluding hydrogens is 255 g/mol. The van der Waals surface area contributed by atoms with Crippen LogP contribution in [0.4, 0.5) is 10.1 Å². The maximum atomic E-state index is 12.9. The Hall–Kier alpha value is -1.14. The molecule has 0 amide bonds. The van der Waals surface area contributed by atoms with E-state index in [1.165, 1.54) is 12.1 Å². The molecule has 2 rings (SSSR count). The van der Waals surface area contributed by atoms with Gasteiger partial charge in [0.1, 0.15) is 5.82 Å². The molecule has 0 aromatic heterocycles. The lowest BCUT2D eigenvalue weighted by Crippen LogP contribution is -2.32. The quantitative estimate of drug-likeness (QED) is 0.835. The standard InChI is InChI=1S/C12H17FN2O2S/c1-15(11-4-5-18(16,17)8-11)7-9-2-3-10(13)6-12(9)14/h2-3,6,11H,4-5,7-8,14H2,1H3. The number of hydrogen-bond donors (Lipinski definition) is 1. The van der Waals surface area contributed by atoms with Crippen LogP contribution in [0.1, 0.15) is 12.0 Å². The highest BCUT2D eigenvalue weighted by atomic mass is 32.2. The van der Waals surface area contributed by atoms with E-state index in [4.69, 9.17) is 5.73 Å². The summed E-state index contributed by atoms with van der Waals surface area (Å²) in [6, 6.07) is 4.32. The van der Waals surface area contributed by atoms with Crippen molar-refractivity contribution in [2.45, 2.75) is 19.0 Å². The number of hydrogen-bond acceptors (Lipinski definition) is 4. The van der Waals surface area contributed by atoms with E-state index >= 15 is 0 Å². The van der Waals surface area contributed by atoms with Crippen LogP contribution in [0.15, 0.2) is 18.2 Å². The zero-order valence-corrected chi connectivity index (χ0v) is 11.1. The van der Waals surface area contributed by atoms with Gasteiger partial charge in [-0.2, -0.15) is 0 Å². The number of anilines is 1. The summed E-state index contributed by atoms with van der Waals surface area (Å²) < 4.78 is 35.7. The fraction of sp³-hybridized carbons (Fsp3) is 0.500. The summed E-state index contributed by atoms with van der Waals surface area (Å²) in [7, 11) is -1.01. The molecule has 1 atom stereocenters. The van der Waals surface area contributed by atoms with E-state index in [-0.39, 0.29) is 23.4 Å². The third-order valence-corrected chi connectivity index (χ3v) is 5.11. The van der Waals surface area contributed by atoms with E-state index in [9.17, 15) is 12.8 Å². The maximum Gasteiger partial charge on any atom is 0.151 e. The van der Waals surface area contributed by atoms with Gasteiger partial charge < -0.3 is 5.73 Å². The van der Waals surface area contributed by atoms with Crippen molar-refractivity contribution < 1.29 is 12.8 Å². The molecule has 18 heavy (non-hydrogen) atoms. The van der Waals surface area contributed by atoms with Crippen molar-refractivity contribution in [1.82, 2.24) is 4.90 Å². The Labute approximate surface area is 107 Å². The van der Waals surface area contributed by atoms with Crippen molar-refractivity contribution in [2.75, 3.05) is 24.3 Å². The molecule has 1 saturated heterocycles. The molecule has 4 nitrogen and oxygen atoms in total. The van der Waals surface area contributed by atoms with Gasteiger partial charge in [-0.05, 0) is 31.2 Å². The predicted molar refractivity (Wildman–Crippen MR) is 69.3 cm³/mol. The minimum atomic E-state index is -2.88. The molecule has 1 heterocycles. The van der Waals surface area contributed by atoms with E-state index in [0.717, 1.165) is 5.56 Å². The smallest absolute Gasteiger partial charge is 0.151 e. The lowest BCUT2D eigenvalue weighted by Gasteiger charge is -2.23. The van der Waals surface area contributed by atoms with Gasteiger partial charge in [0.2, 0.25) is 0 Å². The monoisotopic (exact) mass is 272 g/mol. The molecule has 0 spiro atoms. The van der Waals surface area contributed by atoms with Crippen molar-refractivity contribution >= 4 is 15.5 Å². The molecule has 0 saturated carbocycles. The number of nitrogen functional groups attached to an aromatic ring is 1. The molecular formula is C12H17FN2O2S. The Balaban J connectivity index is 2.05.